The standard InChI is InChI=1S/C25H25N3O5S/c1-14(2)11-20(23(30)31)26-22(29)21-13-34-24(27-21)28-25(32)33-12-19-17-9-5-3-7-15(17)16-8-4-6-10-18(16)19/h3-10,13-14,19-20H,11-12H2,1-2H3,(H,26,29)(H,30,31)(H,27,28,32). The van der Waals surface area contributed by atoms with E-state index in [-0.39, 0.29) is 29.3 Å². The van der Waals surface area contributed by atoms with Crippen molar-refractivity contribution in [1.29, 1.82) is 0 Å². The highest BCUT2D eigenvalue weighted by molar-refractivity contribution is 7.14. The van der Waals surface area contributed by atoms with Crippen molar-refractivity contribution in [3.05, 3.63) is 70.7 Å². The summed E-state index contributed by atoms with van der Waals surface area (Å²) in [5.74, 6) is -1.67. The smallest absolute Gasteiger partial charge is 0.413 e. The van der Waals surface area contributed by atoms with Gasteiger partial charge in [0, 0.05) is 11.3 Å². The van der Waals surface area contributed by atoms with Gasteiger partial charge >= 0.3 is 12.1 Å². The lowest BCUT2D eigenvalue weighted by atomic mass is 9.98. The molecular weight excluding hydrogens is 454 g/mol. The Morgan fingerprint density at radius 3 is 2.26 bits per heavy atom. The van der Waals surface area contributed by atoms with Gasteiger partial charge in [0.2, 0.25) is 0 Å². The van der Waals surface area contributed by atoms with E-state index >= 15 is 0 Å². The van der Waals surface area contributed by atoms with Crippen LogP contribution in [0.3, 0.4) is 0 Å². The SMILES string of the molecule is CC(C)CC(NC(=O)c1csc(NC(=O)OCC2c3ccccc3-c3ccccc32)n1)C(=O)O. The normalized spacial score (nSPS) is 13.1. The number of carboxylic acid groups (broad SMARTS) is 1. The number of anilines is 1. The molecule has 34 heavy (non-hydrogen) atoms. The van der Waals surface area contributed by atoms with E-state index in [1.54, 1.807) is 0 Å². The summed E-state index contributed by atoms with van der Waals surface area (Å²) in [6, 6.07) is 15.1. The lowest BCUT2D eigenvalue weighted by molar-refractivity contribution is -0.139. The Bertz CT molecular complexity index is 1180. The first kappa shape index (κ1) is 23.4. The number of hydrogen-bond acceptors (Lipinski definition) is 6. The number of aliphatic carboxylic acids is 1. The number of rotatable bonds is 8. The van der Waals surface area contributed by atoms with Gasteiger partial charge in [0.05, 0.1) is 0 Å². The molecule has 0 radical (unpaired) electrons. The van der Waals surface area contributed by atoms with Crippen molar-refractivity contribution in [3.63, 3.8) is 0 Å². The van der Waals surface area contributed by atoms with Crippen LogP contribution in [0.2, 0.25) is 0 Å². The first-order valence-electron chi connectivity index (χ1n) is 10.9. The molecule has 8 nitrogen and oxygen atoms in total. The van der Waals surface area contributed by atoms with Crippen LogP contribution in [0.1, 0.15) is 47.8 Å². The van der Waals surface area contributed by atoms with Crippen LogP contribution in [-0.4, -0.2) is 40.7 Å². The van der Waals surface area contributed by atoms with Crippen LogP contribution in [0.15, 0.2) is 53.9 Å². The third-order valence-corrected chi connectivity index (χ3v) is 6.36. The van der Waals surface area contributed by atoms with Crippen LogP contribution >= 0.6 is 11.3 Å². The Morgan fingerprint density at radius 1 is 1.06 bits per heavy atom. The third-order valence-electron chi connectivity index (χ3n) is 5.60. The van der Waals surface area contributed by atoms with Crippen LogP contribution in [0.5, 0.6) is 0 Å². The highest BCUT2D eigenvalue weighted by Crippen LogP contribution is 2.44. The average Bonchev–Trinajstić information content (AvgIpc) is 3.39. The first-order valence-corrected chi connectivity index (χ1v) is 11.8. The lowest BCUT2D eigenvalue weighted by Gasteiger charge is -2.15. The van der Waals surface area contributed by atoms with Crippen LogP contribution in [-0.2, 0) is 9.53 Å². The van der Waals surface area contributed by atoms with Gasteiger partial charge in [-0.2, -0.15) is 0 Å². The van der Waals surface area contributed by atoms with Gasteiger partial charge in [0.1, 0.15) is 18.3 Å². The molecule has 0 saturated heterocycles. The molecule has 1 atom stereocenters. The number of thiazole rings is 1. The van der Waals surface area contributed by atoms with E-state index in [1.165, 1.54) is 5.38 Å². The summed E-state index contributed by atoms with van der Waals surface area (Å²) < 4.78 is 5.49. The molecular formula is C25H25N3O5S. The zero-order valence-electron chi connectivity index (χ0n) is 18.8. The van der Waals surface area contributed by atoms with Gasteiger partial charge in [0.25, 0.3) is 5.91 Å². The summed E-state index contributed by atoms with van der Waals surface area (Å²) in [7, 11) is 0. The van der Waals surface area contributed by atoms with Crippen LogP contribution in [0.25, 0.3) is 11.1 Å². The number of carbonyl (C=O) groups is 3. The molecule has 0 aliphatic heterocycles. The average molecular weight is 480 g/mol. The molecule has 0 saturated carbocycles. The second kappa shape index (κ2) is 10.0. The summed E-state index contributed by atoms with van der Waals surface area (Å²) in [5, 5.41) is 16.0. The van der Waals surface area contributed by atoms with Crippen molar-refractivity contribution < 1.29 is 24.2 Å². The van der Waals surface area contributed by atoms with Crippen molar-refractivity contribution >= 4 is 34.4 Å². The predicted octanol–water partition coefficient (Wildman–Crippen LogP) is 4.73. The highest BCUT2D eigenvalue weighted by Gasteiger charge is 2.29. The molecule has 0 bridgehead atoms. The molecule has 176 valence electrons. The predicted molar refractivity (Wildman–Crippen MR) is 129 cm³/mol. The minimum atomic E-state index is -1.10. The van der Waals surface area contributed by atoms with E-state index in [2.05, 4.69) is 27.8 Å². The van der Waals surface area contributed by atoms with Gasteiger partial charge in [0.15, 0.2) is 5.13 Å². The van der Waals surface area contributed by atoms with Gasteiger partial charge in [-0.15, -0.1) is 11.3 Å². The van der Waals surface area contributed by atoms with E-state index in [9.17, 15) is 19.5 Å². The number of fused-ring (bicyclic) bond motifs is 3. The van der Waals surface area contributed by atoms with Crippen molar-refractivity contribution in [1.82, 2.24) is 10.3 Å². The number of benzene rings is 2. The maximum absolute atomic E-state index is 12.4. The molecule has 2 amide bonds. The largest absolute Gasteiger partial charge is 0.480 e. The van der Waals surface area contributed by atoms with Gasteiger partial charge in [-0.25, -0.2) is 14.6 Å². The number of nitrogens with zero attached hydrogens (tertiary/aromatic N) is 1. The monoisotopic (exact) mass is 479 g/mol. The topological polar surface area (TPSA) is 118 Å². The van der Waals surface area contributed by atoms with Gasteiger partial charge in [-0.3, -0.25) is 10.1 Å². The quantitative estimate of drug-likeness (QED) is 0.430. The van der Waals surface area contributed by atoms with Crippen LogP contribution in [0.4, 0.5) is 9.93 Å². The number of amides is 2. The molecule has 0 fully saturated rings. The molecule has 4 rings (SSSR count). The molecule has 2 aromatic carbocycles. The number of nitrogens with one attached hydrogen (secondary N) is 2. The van der Waals surface area contributed by atoms with Crippen molar-refractivity contribution in [2.24, 2.45) is 5.92 Å². The lowest BCUT2D eigenvalue weighted by Crippen LogP contribution is -2.41. The van der Waals surface area contributed by atoms with Crippen molar-refractivity contribution in [2.45, 2.75) is 32.2 Å². The molecule has 3 aromatic rings. The fourth-order valence-corrected chi connectivity index (χ4v) is 4.76. The van der Waals surface area contributed by atoms with E-state index in [1.807, 2.05) is 50.2 Å². The number of carbonyl (C=O) groups excluding carboxylic acids is 2. The minimum Gasteiger partial charge on any atom is -0.480 e. The molecule has 3 N–H and O–H groups in total. The van der Waals surface area contributed by atoms with E-state index < -0.39 is 24.0 Å². The number of carboxylic acids is 1. The van der Waals surface area contributed by atoms with Crippen LogP contribution in [0, 0.1) is 5.92 Å². The third kappa shape index (κ3) is 5.09. The van der Waals surface area contributed by atoms with Crippen LogP contribution < -0.4 is 10.6 Å². The summed E-state index contributed by atoms with van der Waals surface area (Å²) in [5.41, 5.74) is 4.53. The van der Waals surface area contributed by atoms with Gasteiger partial charge in [-0.1, -0.05) is 62.4 Å². The molecule has 9 heteroatoms. The summed E-state index contributed by atoms with van der Waals surface area (Å²) in [6.45, 7) is 3.91. The second-order valence-corrected chi connectivity index (χ2v) is 9.34. The Balaban J connectivity index is 1.36. The van der Waals surface area contributed by atoms with Gasteiger partial charge in [-0.05, 0) is 34.6 Å². The minimum absolute atomic E-state index is 0.0361. The zero-order chi connectivity index (χ0) is 24.2. The van der Waals surface area contributed by atoms with E-state index in [4.69, 9.17) is 4.74 Å². The van der Waals surface area contributed by atoms with E-state index in [0.717, 1.165) is 33.6 Å². The number of ether oxygens (including phenoxy) is 1. The first-order chi connectivity index (χ1) is 16.3. The molecule has 1 aliphatic carbocycles. The molecule has 1 unspecified atom stereocenters. The zero-order valence-corrected chi connectivity index (χ0v) is 19.6. The maximum atomic E-state index is 12.4. The Kier molecular flexibility index (Phi) is 6.93. The second-order valence-electron chi connectivity index (χ2n) is 8.48. The molecule has 0 spiro atoms. The highest BCUT2D eigenvalue weighted by atomic mass is 32.1. The summed E-state index contributed by atoms with van der Waals surface area (Å²) >= 11 is 1.06. The Labute approximate surface area is 201 Å². The Hall–Kier alpha value is -3.72. The molecule has 1 aliphatic rings. The number of hydrogen-bond donors (Lipinski definition) is 3. The summed E-state index contributed by atoms with van der Waals surface area (Å²) in [6.07, 6.45) is -0.373. The maximum Gasteiger partial charge on any atom is 0.413 e. The van der Waals surface area contributed by atoms with Crippen molar-refractivity contribution in [2.75, 3.05) is 11.9 Å². The fraction of sp³-hybridized carbons (Fsp3) is 0.280. The van der Waals surface area contributed by atoms with Gasteiger partial charge < -0.3 is 15.2 Å². The summed E-state index contributed by atoms with van der Waals surface area (Å²) in [4.78, 5) is 40.3. The number of aromatic nitrogens is 1. The van der Waals surface area contributed by atoms with E-state index in [0.29, 0.717) is 6.42 Å². The molecule has 1 heterocycles. The van der Waals surface area contributed by atoms with Crippen molar-refractivity contribution in [3.8, 4) is 11.1 Å². The Morgan fingerprint density at radius 2 is 1.68 bits per heavy atom. The fourth-order valence-electron chi connectivity index (χ4n) is 4.08. The molecule has 1 aromatic heterocycles.